The molecule has 0 aromatic carbocycles. The van der Waals surface area contributed by atoms with Crippen molar-refractivity contribution in [3.05, 3.63) is 24.2 Å². The minimum Gasteiger partial charge on any atom is -0.481 e. The van der Waals surface area contributed by atoms with Crippen molar-refractivity contribution < 1.29 is 23.6 Å². The molecule has 1 unspecified atom stereocenters. The maximum absolute atomic E-state index is 11.0. The van der Waals surface area contributed by atoms with Gasteiger partial charge < -0.3 is 18.8 Å². The largest absolute Gasteiger partial charge is 0.481 e. The van der Waals surface area contributed by atoms with Gasteiger partial charge in [-0.2, -0.15) is 0 Å². The van der Waals surface area contributed by atoms with Gasteiger partial charge in [-0.1, -0.05) is 0 Å². The van der Waals surface area contributed by atoms with Crippen LogP contribution in [0, 0.1) is 0 Å². The van der Waals surface area contributed by atoms with E-state index >= 15 is 0 Å². The first kappa shape index (κ1) is 14.2. The van der Waals surface area contributed by atoms with Gasteiger partial charge in [0.25, 0.3) is 0 Å². The van der Waals surface area contributed by atoms with Crippen molar-refractivity contribution in [2.24, 2.45) is 0 Å². The van der Waals surface area contributed by atoms with Crippen LogP contribution in [-0.4, -0.2) is 29.4 Å². The second kappa shape index (κ2) is 4.69. The van der Waals surface area contributed by atoms with Crippen molar-refractivity contribution in [3.63, 3.8) is 0 Å². The molecule has 1 saturated heterocycles. The summed E-state index contributed by atoms with van der Waals surface area (Å²) in [5.41, 5.74) is -0.970. The Kier molecular flexibility index (Phi) is 3.49. The molecule has 19 heavy (non-hydrogen) atoms. The molecule has 0 radical (unpaired) electrons. The second-order valence-electron chi connectivity index (χ2n) is 5.84. The first-order chi connectivity index (χ1) is 8.73. The maximum Gasteiger partial charge on any atom is 0.469 e. The molecular weight excluding hydrogens is 247 g/mol. The number of carboxylic acid groups (broad SMARTS) is 1. The molecule has 104 valence electrons. The lowest BCUT2D eigenvalue weighted by Crippen LogP contribution is -2.41. The number of carbonyl (C=O) groups is 1. The van der Waals surface area contributed by atoms with E-state index in [1.165, 1.54) is 6.26 Å². The number of aliphatic carboxylic acids is 1. The lowest BCUT2D eigenvalue weighted by Gasteiger charge is -2.32. The summed E-state index contributed by atoms with van der Waals surface area (Å²) in [6, 6.07) is 3.48. The molecule has 6 heteroatoms. The van der Waals surface area contributed by atoms with Gasteiger partial charge in [0, 0.05) is 0 Å². The summed E-state index contributed by atoms with van der Waals surface area (Å²) in [5, 5.41) is 9.05. The number of hydrogen-bond acceptors (Lipinski definition) is 4. The van der Waals surface area contributed by atoms with E-state index in [0.717, 1.165) is 0 Å². The van der Waals surface area contributed by atoms with Crippen molar-refractivity contribution >= 4 is 13.1 Å². The molecule has 0 aliphatic carbocycles. The van der Waals surface area contributed by atoms with E-state index in [4.69, 9.17) is 18.8 Å². The van der Waals surface area contributed by atoms with Gasteiger partial charge in [0.1, 0.15) is 5.76 Å². The van der Waals surface area contributed by atoms with Crippen LogP contribution >= 0.6 is 0 Å². The zero-order valence-corrected chi connectivity index (χ0v) is 11.7. The smallest absolute Gasteiger partial charge is 0.469 e. The Labute approximate surface area is 113 Å². The summed E-state index contributed by atoms with van der Waals surface area (Å²) in [4.78, 5) is 11.0. The summed E-state index contributed by atoms with van der Waals surface area (Å²) in [6.45, 7) is 7.75. The average Bonchev–Trinajstić information content (AvgIpc) is 2.82. The molecule has 0 bridgehead atoms. The third-order valence-corrected chi connectivity index (χ3v) is 3.90. The normalized spacial score (nSPS) is 22.4. The van der Waals surface area contributed by atoms with E-state index in [-0.39, 0.29) is 6.42 Å². The van der Waals surface area contributed by atoms with Crippen molar-refractivity contribution in [3.8, 4) is 0 Å². The summed E-state index contributed by atoms with van der Waals surface area (Å²) in [5.74, 6) is -0.787. The molecule has 0 saturated carbocycles. The van der Waals surface area contributed by atoms with Gasteiger partial charge in [0.05, 0.1) is 29.7 Å². The highest BCUT2D eigenvalue weighted by Gasteiger charge is 2.54. The van der Waals surface area contributed by atoms with Crippen molar-refractivity contribution in [1.29, 1.82) is 0 Å². The molecule has 0 spiro atoms. The van der Waals surface area contributed by atoms with Crippen LogP contribution in [0.1, 0.15) is 45.7 Å². The van der Waals surface area contributed by atoms with Crippen LogP contribution in [-0.2, 0) is 14.1 Å². The molecule has 1 aromatic rings. The van der Waals surface area contributed by atoms with Crippen LogP contribution in [0.15, 0.2) is 22.8 Å². The van der Waals surface area contributed by atoms with Crippen LogP contribution in [0.2, 0.25) is 0 Å². The van der Waals surface area contributed by atoms with E-state index in [2.05, 4.69) is 0 Å². The first-order valence-electron chi connectivity index (χ1n) is 6.34. The van der Waals surface area contributed by atoms with E-state index in [0.29, 0.717) is 5.76 Å². The lowest BCUT2D eigenvalue weighted by molar-refractivity contribution is -0.137. The van der Waals surface area contributed by atoms with Gasteiger partial charge in [0.2, 0.25) is 0 Å². The maximum atomic E-state index is 11.0. The molecule has 5 nitrogen and oxygen atoms in total. The lowest BCUT2D eigenvalue weighted by atomic mass is 9.68. The van der Waals surface area contributed by atoms with Gasteiger partial charge in [-0.3, -0.25) is 4.79 Å². The Balaban J connectivity index is 2.24. The van der Waals surface area contributed by atoms with Crippen LogP contribution in [0.25, 0.3) is 0 Å². The molecular formula is C13H19BO5. The third-order valence-electron chi connectivity index (χ3n) is 3.90. The Morgan fingerprint density at radius 1 is 1.32 bits per heavy atom. The molecule has 1 aliphatic heterocycles. The standard InChI is InChI=1S/C13H19BO5/c1-12(2)13(3,4)19-14(18-12)9(8-11(15)16)10-6-5-7-17-10/h5-7,9H,8H2,1-4H3,(H,15,16). The fourth-order valence-corrected chi connectivity index (χ4v) is 2.07. The number of rotatable bonds is 4. The fourth-order valence-electron chi connectivity index (χ4n) is 2.07. The zero-order valence-electron chi connectivity index (χ0n) is 11.7. The molecule has 1 aromatic heterocycles. The van der Waals surface area contributed by atoms with Crippen LogP contribution in [0.3, 0.4) is 0 Å². The van der Waals surface area contributed by atoms with Crippen molar-refractivity contribution in [1.82, 2.24) is 0 Å². The number of carboxylic acids is 1. The highest BCUT2D eigenvalue weighted by atomic mass is 16.7. The fraction of sp³-hybridized carbons (Fsp3) is 0.615. The topological polar surface area (TPSA) is 68.9 Å². The van der Waals surface area contributed by atoms with Crippen LogP contribution < -0.4 is 0 Å². The van der Waals surface area contributed by atoms with Crippen LogP contribution in [0.5, 0.6) is 0 Å². The quantitative estimate of drug-likeness (QED) is 0.848. The Bertz CT molecular complexity index is 436. The summed E-state index contributed by atoms with van der Waals surface area (Å²) in [7, 11) is -0.618. The van der Waals surface area contributed by atoms with Gasteiger partial charge in [0.15, 0.2) is 0 Å². The molecule has 1 N–H and O–H groups in total. The molecule has 0 amide bonds. The summed E-state index contributed by atoms with van der Waals surface area (Å²) >= 11 is 0. The molecule has 1 aliphatic rings. The van der Waals surface area contributed by atoms with Gasteiger partial charge >= 0.3 is 13.1 Å². The van der Waals surface area contributed by atoms with Gasteiger partial charge in [-0.05, 0) is 39.8 Å². The number of furan rings is 1. The highest BCUT2D eigenvalue weighted by molar-refractivity contribution is 6.47. The monoisotopic (exact) mass is 266 g/mol. The predicted octanol–water partition coefficient (Wildman–Crippen LogP) is 2.47. The minimum absolute atomic E-state index is 0.0929. The van der Waals surface area contributed by atoms with Gasteiger partial charge in [-0.25, -0.2) is 0 Å². The van der Waals surface area contributed by atoms with Gasteiger partial charge in [-0.15, -0.1) is 0 Å². The van der Waals surface area contributed by atoms with E-state index in [9.17, 15) is 4.79 Å². The van der Waals surface area contributed by atoms with E-state index < -0.39 is 30.1 Å². The van der Waals surface area contributed by atoms with Crippen molar-refractivity contribution in [2.75, 3.05) is 0 Å². The Hall–Kier alpha value is -1.27. The summed E-state index contributed by atoms with van der Waals surface area (Å²) < 4.78 is 17.1. The first-order valence-corrected chi connectivity index (χ1v) is 6.34. The predicted molar refractivity (Wildman–Crippen MR) is 69.8 cm³/mol. The second-order valence-corrected chi connectivity index (χ2v) is 5.84. The summed E-state index contributed by atoms with van der Waals surface area (Å²) in [6.07, 6.45) is 1.43. The molecule has 2 rings (SSSR count). The molecule has 2 heterocycles. The SMILES string of the molecule is CC1(C)OB(C(CC(=O)O)c2ccco2)OC1(C)C. The third kappa shape index (κ3) is 2.69. The van der Waals surface area contributed by atoms with E-state index in [1.54, 1.807) is 12.1 Å². The minimum atomic E-state index is -0.906. The highest BCUT2D eigenvalue weighted by Crippen LogP contribution is 2.41. The average molecular weight is 266 g/mol. The Morgan fingerprint density at radius 3 is 2.32 bits per heavy atom. The Morgan fingerprint density at radius 2 is 1.89 bits per heavy atom. The molecule has 1 fully saturated rings. The zero-order chi connectivity index (χ0) is 14.3. The van der Waals surface area contributed by atoms with E-state index in [1.807, 2.05) is 27.7 Å². The molecule has 1 atom stereocenters. The van der Waals surface area contributed by atoms with Crippen molar-refractivity contribution in [2.45, 2.75) is 51.1 Å². The number of hydrogen-bond donors (Lipinski definition) is 1. The van der Waals surface area contributed by atoms with Crippen LogP contribution in [0.4, 0.5) is 0 Å².